The quantitative estimate of drug-likeness (QED) is 0.819. The largest absolute Gasteiger partial charge is 0.496 e. The normalized spacial score (nSPS) is 15.8. The van der Waals surface area contributed by atoms with Gasteiger partial charge in [-0.3, -0.25) is 4.79 Å². The molecule has 0 bridgehead atoms. The van der Waals surface area contributed by atoms with Crippen molar-refractivity contribution in [3.05, 3.63) is 59.2 Å². The number of amides is 1. The monoisotopic (exact) mass is 338 g/mol. The number of methoxy groups -OCH3 is 1. The van der Waals surface area contributed by atoms with Gasteiger partial charge in [0, 0.05) is 30.4 Å². The Morgan fingerprint density at radius 1 is 1.28 bits per heavy atom. The minimum Gasteiger partial charge on any atom is -0.496 e. The van der Waals surface area contributed by atoms with Gasteiger partial charge in [0.25, 0.3) is 5.91 Å². The highest BCUT2D eigenvalue weighted by atomic mass is 16.5. The fraction of sp³-hybridized carbons (Fsp3) is 0.381. The number of rotatable bonds is 6. The summed E-state index contributed by atoms with van der Waals surface area (Å²) in [6.07, 6.45) is 2.03. The Morgan fingerprint density at radius 3 is 2.84 bits per heavy atom. The molecule has 1 aliphatic heterocycles. The molecule has 0 saturated carbocycles. The molecule has 0 aromatic heterocycles. The van der Waals surface area contributed by atoms with Gasteiger partial charge in [0.15, 0.2) is 0 Å². The zero-order chi connectivity index (χ0) is 17.8. The predicted molar refractivity (Wildman–Crippen MR) is 102 cm³/mol. The Bertz CT molecular complexity index is 757. The Balaban J connectivity index is 1.50. The molecule has 2 aromatic carbocycles. The van der Waals surface area contributed by atoms with Crippen LogP contribution in [0.2, 0.25) is 0 Å². The van der Waals surface area contributed by atoms with E-state index in [1.165, 1.54) is 11.3 Å². The van der Waals surface area contributed by atoms with Crippen LogP contribution < -0.4 is 15.0 Å². The first-order chi connectivity index (χ1) is 12.1. The molecule has 4 nitrogen and oxygen atoms in total. The highest BCUT2D eigenvalue weighted by Gasteiger charge is 2.24. The average Bonchev–Trinajstić information content (AvgIpc) is 2.93. The molecule has 0 saturated heterocycles. The van der Waals surface area contributed by atoms with Crippen LogP contribution in [0.3, 0.4) is 0 Å². The van der Waals surface area contributed by atoms with Crippen LogP contribution in [0.25, 0.3) is 0 Å². The Kier molecular flexibility index (Phi) is 5.27. The van der Waals surface area contributed by atoms with Crippen LogP contribution in [0.1, 0.15) is 34.8 Å². The van der Waals surface area contributed by atoms with Gasteiger partial charge in [0.1, 0.15) is 5.75 Å². The van der Waals surface area contributed by atoms with Gasteiger partial charge in [0.05, 0.1) is 7.11 Å². The Labute approximate surface area is 149 Å². The molecule has 25 heavy (non-hydrogen) atoms. The number of carbonyl (C=O) groups is 1. The SMILES string of the molecule is COc1ccc(C(=O)NCCCN2c3ccccc3CC2C)cc1C. The fourth-order valence-electron chi connectivity index (χ4n) is 3.54. The Hall–Kier alpha value is -2.49. The van der Waals surface area contributed by atoms with Crippen molar-refractivity contribution in [2.75, 3.05) is 25.1 Å². The molecule has 1 atom stereocenters. The third-order valence-corrected chi connectivity index (χ3v) is 4.87. The second-order valence-corrected chi connectivity index (χ2v) is 6.67. The first-order valence-corrected chi connectivity index (χ1v) is 8.87. The number of para-hydroxylation sites is 1. The summed E-state index contributed by atoms with van der Waals surface area (Å²) in [6.45, 7) is 5.84. The number of nitrogens with zero attached hydrogens (tertiary/aromatic N) is 1. The van der Waals surface area contributed by atoms with Crippen molar-refractivity contribution in [2.45, 2.75) is 32.7 Å². The van der Waals surface area contributed by atoms with E-state index in [2.05, 4.69) is 41.4 Å². The van der Waals surface area contributed by atoms with Gasteiger partial charge in [-0.05, 0) is 62.1 Å². The van der Waals surface area contributed by atoms with Crippen molar-refractivity contribution in [3.63, 3.8) is 0 Å². The van der Waals surface area contributed by atoms with E-state index in [-0.39, 0.29) is 5.91 Å². The smallest absolute Gasteiger partial charge is 0.251 e. The van der Waals surface area contributed by atoms with Crippen molar-refractivity contribution in [3.8, 4) is 5.75 Å². The minimum absolute atomic E-state index is 0.0272. The van der Waals surface area contributed by atoms with E-state index in [9.17, 15) is 4.79 Å². The molecule has 0 radical (unpaired) electrons. The van der Waals surface area contributed by atoms with E-state index in [1.807, 2.05) is 19.1 Å². The first-order valence-electron chi connectivity index (χ1n) is 8.87. The van der Waals surface area contributed by atoms with Crippen molar-refractivity contribution >= 4 is 11.6 Å². The number of ether oxygens (including phenoxy) is 1. The van der Waals surface area contributed by atoms with Gasteiger partial charge < -0.3 is 15.0 Å². The van der Waals surface area contributed by atoms with E-state index < -0.39 is 0 Å². The molecular weight excluding hydrogens is 312 g/mol. The van der Waals surface area contributed by atoms with Crippen LogP contribution in [0.15, 0.2) is 42.5 Å². The number of carbonyl (C=O) groups excluding carboxylic acids is 1. The number of aryl methyl sites for hydroxylation is 1. The number of nitrogens with one attached hydrogen (secondary N) is 1. The van der Waals surface area contributed by atoms with E-state index in [0.717, 1.165) is 30.7 Å². The number of anilines is 1. The van der Waals surface area contributed by atoms with E-state index in [1.54, 1.807) is 13.2 Å². The third kappa shape index (κ3) is 3.78. The summed E-state index contributed by atoms with van der Waals surface area (Å²) in [5.41, 5.74) is 4.41. The summed E-state index contributed by atoms with van der Waals surface area (Å²) in [7, 11) is 1.64. The maximum Gasteiger partial charge on any atom is 0.251 e. The highest BCUT2D eigenvalue weighted by molar-refractivity contribution is 5.94. The van der Waals surface area contributed by atoms with Gasteiger partial charge in [-0.1, -0.05) is 18.2 Å². The van der Waals surface area contributed by atoms with Gasteiger partial charge in [-0.2, -0.15) is 0 Å². The molecule has 3 rings (SSSR count). The molecule has 0 spiro atoms. The molecule has 0 aliphatic carbocycles. The van der Waals surface area contributed by atoms with Gasteiger partial charge >= 0.3 is 0 Å². The Morgan fingerprint density at radius 2 is 2.08 bits per heavy atom. The topological polar surface area (TPSA) is 41.6 Å². The molecule has 1 heterocycles. The fourth-order valence-corrected chi connectivity index (χ4v) is 3.54. The van der Waals surface area contributed by atoms with Crippen LogP contribution in [-0.4, -0.2) is 32.1 Å². The molecular formula is C21H26N2O2. The van der Waals surface area contributed by atoms with Crippen LogP contribution >= 0.6 is 0 Å². The number of fused-ring (bicyclic) bond motifs is 1. The zero-order valence-electron chi connectivity index (χ0n) is 15.2. The maximum absolute atomic E-state index is 12.3. The molecule has 1 N–H and O–H groups in total. The van der Waals surface area contributed by atoms with E-state index in [4.69, 9.17) is 4.74 Å². The van der Waals surface area contributed by atoms with Crippen LogP contribution in [0.5, 0.6) is 5.75 Å². The maximum atomic E-state index is 12.3. The summed E-state index contributed by atoms with van der Waals surface area (Å²) in [6, 6.07) is 14.6. The highest BCUT2D eigenvalue weighted by Crippen LogP contribution is 2.31. The molecule has 1 aliphatic rings. The third-order valence-electron chi connectivity index (χ3n) is 4.87. The van der Waals surface area contributed by atoms with Gasteiger partial charge in [-0.15, -0.1) is 0 Å². The molecule has 2 aromatic rings. The van der Waals surface area contributed by atoms with Crippen molar-refractivity contribution < 1.29 is 9.53 Å². The molecule has 0 fully saturated rings. The molecule has 4 heteroatoms. The van der Waals surface area contributed by atoms with Crippen molar-refractivity contribution in [1.82, 2.24) is 5.32 Å². The molecule has 132 valence electrons. The lowest BCUT2D eigenvalue weighted by Crippen LogP contribution is -2.33. The summed E-state index contributed by atoms with van der Waals surface area (Å²) >= 11 is 0. The summed E-state index contributed by atoms with van der Waals surface area (Å²) < 4.78 is 5.24. The zero-order valence-corrected chi connectivity index (χ0v) is 15.2. The minimum atomic E-state index is -0.0272. The summed E-state index contributed by atoms with van der Waals surface area (Å²) in [5, 5.41) is 3.02. The summed E-state index contributed by atoms with van der Waals surface area (Å²) in [5.74, 6) is 0.777. The second kappa shape index (κ2) is 7.60. The number of hydrogen-bond acceptors (Lipinski definition) is 3. The summed E-state index contributed by atoms with van der Waals surface area (Å²) in [4.78, 5) is 14.7. The first kappa shape index (κ1) is 17.3. The molecule has 1 amide bonds. The average molecular weight is 338 g/mol. The number of benzene rings is 2. The van der Waals surface area contributed by atoms with Crippen LogP contribution in [0, 0.1) is 6.92 Å². The second-order valence-electron chi connectivity index (χ2n) is 6.67. The van der Waals surface area contributed by atoms with Crippen molar-refractivity contribution in [2.24, 2.45) is 0 Å². The lowest BCUT2D eigenvalue weighted by Gasteiger charge is -2.25. The van der Waals surface area contributed by atoms with Crippen molar-refractivity contribution in [1.29, 1.82) is 0 Å². The lowest BCUT2D eigenvalue weighted by molar-refractivity contribution is 0.0953. The van der Waals surface area contributed by atoms with Gasteiger partial charge in [0.2, 0.25) is 0 Å². The van der Waals surface area contributed by atoms with E-state index >= 15 is 0 Å². The van der Waals surface area contributed by atoms with Crippen LogP contribution in [0.4, 0.5) is 5.69 Å². The van der Waals surface area contributed by atoms with Crippen LogP contribution in [-0.2, 0) is 6.42 Å². The number of hydrogen-bond donors (Lipinski definition) is 1. The molecule has 1 unspecified atom stereocenters. The standard InChI is InChI=1S/C21H26N2O2/c1-15-13-18(9-10-20(15)25-3)21(24)22-11-6-12-23-16(2)14-17-7-4-5-8-19(17)23/h4-5,7-10,13,16H,6,11-12,14H2,1-3H3,(H,22,24). The van der Waals surface area contributed by atoms with E-state index in [0.29, 0.717) is 18.2 Å². The van der Waals surface area contributed by atoms with Gasteiger partial charge in [-0.25, -0.2) is 0 Å². The lowest BCUT2D eigenvalue weighted by atomic mass is 10.1. The predicted octanol–water partition coefficient (Wildman–Crippen LogP) is 3.57.